The maximum Gasteiger partial charge on any atom is 0.280 e. The number of anilines is 1. The molecule has 0 unspecified atom stereocenters. The van der Waals surface area contributed by atoms with E-state index in [2.05, 4.69) is 25.2 Å². The van der Waals surface area contributed by atoms with Gasteiger partial charge in [-0.1, -0.05) is 0 Å². The van der Waals surface area contributed by atoms with Crippen molar-refractivity contribution in [3.05, 3.63) is 35.2 Å². The van der Waals surface area contributed by atoms with E-state index < -0.39 is 10.0 Å². The van der Waals surface area contributed by atoms with Crippen molar-refractivity contribution in [1.29, 1.82) is 0 Å². The number of aryl methyl sites for hydroxylation is 2. The molecular formula is C12H17N5O2S. The van der Waals surface area contributed by atoms with Crippen molar-refractivity contribution in [3.8, 4) is 0 Å². The van der Waals surface area contributed by atoms with Gasteiger partial charge in [-0.25, -0.2) is 4.98 Å². The maximum absolute atomic E-state index is 12.3. The standard InChI is InChI=1S/C12H17N5O2S/c1-8-4-9(2)15-11(5-8)17-20(18,19)12-10(6-13-3)7-14-16-12/h4-5,7,13H,6H2,1-3H3,(H,14,16)(H,15,17). The number of sulfonamides is 1. The van der Waals surface area contributed by atoms with Crippen LogP contribution in [0.3, 0.4) is 0 Å². The van der Waals surface area contributed by atoms with Crippen LogP contribution in [0, 0.1) is 13.8 Å². The van der Waals surface area contributed by atoms with Gasteiger partial charge < -0.3 is 5.32 Å². The predicted octanol–water partition coefficient (Wildman–Crippen LogP) is 0.942. The highest BCUT2D eigenvalue weighted by atomic mass is 32.2. The van der Waals surface area contributed by atoms with Crippen molar-refractivity contribution in [2.45, 2.75) is 25.4 Å². The molecule has 0 atom stereocenters. The van der Waals surface area contributed by atoms with E-state index in [0.29, 0.717) is 17.9 Å². The minimum absolute atomic E-state index is 0.0489. The number of aromatic nitrogens is 3. The van der Waals surface area contributed by atoms with E-state index in [1.165, 1.54) is 6.20 Å². The minimum atomic E-state index is -3.73. The highest BCUT2D eigenvalue weighted by Crippen LogP contribution is 2.17. The van der Waals surface area contributed by atoms with Crippen LogP contribution < -0.4 is 10.0 Å². The first kappa shape index (κ1) is 14.5. The third kappa shape index (κ3) is 3.14. The van der Waals surface area contributed by atoms with Gasteiger partial charge >= 0.3 is 0 Å². The molecule has 0 fully saturated rings. The van der Waals surface area contributed by atoms with Crippen LogP contribution in [-0.4, -0.2) is 30.6 Å². The van der Waals surface area contributed by atoms with E-state index in [1.807, 2.05) is 19.9 Å². The fourth-order valence-corrected chi connectivity index (χ4v) is 3.06. The Balaban J connectivity index is 2.33. The molecule has 108 valence electrons. The summed E-state index contributed by atoms with van der Waals surface area (Å²) >= 11 is 0. The molecule has 0 spiro atoms. The molecule has 8 heteroatoms. The topological polar surface area (TPSA) is 99.8 Å². The SMILES string of the molecule is CNCc1cn[nH]c1S(=O)(=O)Nc1cc(C)cc(C)n1. The number of nitrogens with one attached hydrogen (secondary N) is 3. The highest BCUT2D eigenvalue weighted by molar-refractivity contribution is 7.92. The first-order valence-electron chi connectivity index (χ1n) is 6.07. The summed E-state index contributed by atoms with van der Waals surface area (Å²) in [5, 5.41) is 9.24. The zero-order valence-corrected chi connectivity index (χ0v) is 12.4. The average molecular weight is 295 g/mol. The monoisotopic (exact) mass is 295 g/mol. The van der Waals surface area contributed by atoms with E-state index in [9.17, 15) is 8.42 Å². The molecule has 2 rings (SSSR count). The summed E-state index contributed by atoms with van der Waals surface area (Å²) in [6, 6.07) is 3.55. The quantitative estimate of drug-likeness (QED) is 0.762. The number of hydrogen-bond acceptors (Lipinski definition) is 5. The third-order valence-corrected chi connectivity index (χ3v) is 4.02. The van der Waals surface area contributed by atoms with Gasteiger partial charge in [0.15, 0.2) is 5.03 Å². The van der Waals surface area contributed by atoms with Crippen LogP contribution in [0.2, 0.25) is 0 Å². The summed E-state index contributed by atoms with van der Waals surface area (Å²) in [6.07, 6.45) is 1.49. The van der Waals surface area contributed by atoms with E-state index >= 15 is 0 Å². The highest BCUT2D eigenvalue weighted by Gasteiger charge is 2.21. The number of rotatable bonds is 5. The fourth-order valence-electron chi connectivity index (χ4n) is 1.93. The normalized spacial score (nSPS) is 11.6. The van der Waals surface area contributed by atoms with Crippen molar-refractivity contribution in [3.63, 3.8) is 0 Å². The molecule has 0 amide bonds. The Labute approximate surface area is 117 Å². The Morgan fingerprint density at radius 1 is 1.30 bits per heavy atom. The average Bonchev–Trinajstić information content (AvgIpc) is 2.76. The van der Waals surface area contributed by atoms with Crippen molar-refractivity contribution in [2.75, 3.05) is 11.8 Å². The molecular weight excluding hydrogens is 278 g/mol. The van der Waals surface area contributed by atoms with Crippen LogP contribution in [0.4, 0.5) is 5.82 Å². The van der Waals surface area contributed by atoms with Gasteiger partial charge in [0.25, 0.3) is 10.0 Å². The van der Waals surface area contributed by atoms with Crippen LogP contribution >= 0.6 is 0 Å². The molecule has 0 aromatic carbocycles. The van der Waals surface area contributed by atoms with Crippen LogP contribution in [-0.2, 0) is 16.6 Å². The van der Waals surface area contributed by atoms with Crippen LogP contribution in [0.5, 0.6) is 0 Å². The lowest BCUT2D eigenvalue weighted by atomic mass is 10.2. The maximum atomic E-state index is 12.3. The lowest BCUT2D eigenvalue weighted by Gasteiger charge is -2.09. The second kappa shape index (κ2) is 5.59. The number of aromatic amines is 1. The lowest BCUT2D eigenvalue weighted by Crippen LogP contribution is -2.18. The number of H-pyrrole nitrogens is 1. The number of hydrogen-bond donors (Lipinski definition) is 3. The van der Waals surface area contributed by atoms with Gasteiger partial charge in [-0.3, -0.25) is 9.82 Å². The van der Waals surface area contributed by atoms with Gasteiger partial charge in [-0.2, -0.15) is 13.5 Å². The molecule has 0 bridgehead atoms. The second-order valence-corrected chi connectivity index (χ2v) is 6.15. The van der Waals surface area contributed by atoms with Gasteiger partial charge in [0, 0.05) is 17.8 Å². The Morgan fingerprint density at radius 3 is 2.70 bits per heavy atom. The van der Waals surface area contributed by atoms with Crippen LogP contribution in [0.1, 0.15) is 16.8 Å². The minimum Gasteiger partial charge on any atom is -0.316 e. The smallest absolute Gasteiger partial charge is 0.280 e. The Bertz CT molecular complexity index is 688. The van der Waals surface area contributed by atoms with Gasteiger partial charge in [-0.15, -0.1) is 0 Å². The molecule has 0 aliphatic carbocycles. The molecule has 7 nitrogen and oxygen atoms in total. The summed E-state index contributed by atoms with van der Waals surface area (Å²) < 4.78 is 27.1. The Hall–Kier alpha value is -1.93. The zero-order chi connectivity index (χ0) is 14.8. The van der Waals surface area contributed by atoms with Gasteiger partial charge in [0.05, 0.1) is 6.20 Å². The first-order chi connectivity index (χ1) is 9.42. The van der Waals surface area contributed by atoms with Crippen molar-refractivity contribution >= 4 is 15.8 Å². The third-order valence-electron chi connectivity index (χ3n) is 2.65. The Morgan fingerprint density at radius 2 is 2.05 bits per heavy atom. The largest absolute Gasteiger partial charge is 0.316 e. The van der Waals surface area contributed by atoms with Gasteiger partial charge in [-0.05, 0) is 38.6 Å². The molecule has 2 aromatic rings. The Kier molecular flexibility index (Phi) is 4.05. The van der Waals surface area contributed by atoms with Crippen LogP contribution in [0.25, 0.3) is 0 Å². The molecule has 3 N–H and O–H groups in total. The summed E-state index contributed by atoms with van der Waals surface area (Å²) in [6.45, 7) is 4.11. The summed E-state index contributed by atoms with van der Waals surface area (Å²) in [5.74, 6) is 0.299. The molecule has 20 heavy (non-hydrogen) atoms. The second-order valence-electron chi connectivity index (χ2n) is 4.53. The molecule has 0 aliphatic rings. The van der Waals surface area contributed by atoms with E-state index in [4.69, 9.17) is 0 Å². The van der Waals surface area contributed by atoms with E-state index in [-0.39, 0.29) is 5.03 Å². The lowest BCUT2D eigenvalue weighted by molar-refractivity contribution is 0.595. The molecule has 0 radical (unpaired) electrons. The van der Waals surface area contributed by atoms with Gasteiger partial charge in [0.1, 0.15) is 5.82 Å². The predicted molar refractivity (Wildman–Crippen MR) is 75.9 cm³/mol. The summed E-state index contributed by atoms with van der Waals surface area (Å²) in [7, 11) is -1.99. The number of nitrogens with zero attached hydrogens (tertiary/aromatic N) is 2. The van der Waals surface area contributed by atoms with Crippen molar-refractivity contribution in [2.24, 2.45) is 0 Å². The van der Waals surface area contributed by atoms with E-state index in [1.54, 1.807) is 13.1 Å². The van der Waals surface area contributed by atoms with Gasteiger partial charge in [0.2, 0.25) is 0 Å². The fraction of sp³-hybridized carbons (Fsp3) is 0.333. The first-order valence-corrected chi connectivity index (χ1v) is 7.55. The van der Waals surface area contributed by atoms with Crippen molar-refractivity contribution in [1.82, 2.24) is 20.5 Å². The molecule has 0 aliphatic heterocycles. The molecule has 0 saturated carbocycles. The number of pyridine rings is 1. The van der Waals surface area contributed by atoms with E-state index in [0.717, 1.165) is 11.3 Å². The van der Waals surface area contributed by atoms with Crippen LogP contribution in [0.15, 0.2) is 23.4 Å². The molecule has 2 aromatic heterocycles. The summed E-state index contributed by atoms with van der Waals surface area (Å²) in [4.78, 5) is 4.16. The molecule has 2 heterocycles. The summed E-state index contributed by atoms with van der Waals surface area (Å²) in [5.41, 5.74) is 2.27. The molecule has 0 saturated heterocycles. The van der Waals surface area contributed by atoms with Crippen molar-refractivity contribution < 1.29 is 8.42 Å². The zero-order valence-electron chi connectivity index (χ0n) is 11.6.